The number of rotatable bonds is 5. The molecule has 6 aromatic rings. The van der Waals surface area contributed by atoms with Crippen molar-refractivity contribution < 1.29 is 9.15 Å². The maximum atomic E-state index is 5.93. The maximum absolute atomic E-state index is 5.93. The van der Waals surface area contributed by atoms with Crippen LogP contribution in [0.3, 0.4) is 0 Å². The zero-order chi connectivity index (χ0) is 21.5. The summed E-state index contributed by atoms with van der Waals surface area (Å²) in [5, 5.41) is 9.82. The third-order valence-electron chi connectivity index (χ3n) is 4.99. The number of para-hydroxylation sites is 2. The van der Waals surface area contributed by atoms with Crippen LogP contribution >= 0.6 is 15.9 Å². The Labute approximate surface area is 190 Å². The first kappa shape index (κ1) is 18.8. The minimum Gasteiger partial charge on any atom is -0.484 e. The van der Waals surface area contributed by atoms with E-state index in [0.29, 0.717) is 35.2 Å². The van der Waals surface area contributed by atoms with Gasteiger partial charge >= 0.3 is 0 Å². The number of hydrogen-bond donors (Lipinski definition) is 0. The van der Waals surface area contributed by atoms with Crippen LogP contribution in [0.4, 0.5) is 0 Å². The number of benzene rings is 2. The molecule has 0 saturated heterocycles. The van der Waals surface area contributed by atoms with Crippen LogP contribution < -0.4 is 4.74 Å². The zero-order valence-corrected chi connectivity index (χ0v) is 18.2. The number of furan rings is 1. The highest BCUT2D eigenvalue weighted by Crippen LogP contribution is 2.27. The summed E-state index contributed by atoms with van der Waals surface area (Å²) in [4.78, 5) is 9.22. The number of hydrogen-bond acceptors (Lipinski definition) is 6. The Hall–Kier alpha value is -3.98. The minimum atomic E-state index is 0.297. The van der Waals surface area contributed by atoms with Crippen molar-refractivity contribution in [1.29, 1.82) is 0 Å². The molecule has 0 radical (unpaired) electrons. The van der Waals surface area contributed by atoms with Crippen LogP contribution in [0.2, 0.25) is 0 Å². The molecule has 9 heteroatoms. The first-order valence-electron chi connectivity index (χ1n) is 9.87. The number of ether oxygens (including phenoxy) is 1. The van der Waals surface area contributed by atoms with E-state index in [0.717, 1.165) is 21.3 Å². The van der Waals surface area contributed by atoms with Crippen LogP contribution in [0.15, 0.2) is 88.1 Å². The van der Waals surface area contributed by atoms with Gasteiger partial charge in [0.2, 0.25) is 5.82 Å². The van der Waals surface area contributed by atoms with E-state index in [-0.39, 0.29) is 0 Å². The van der Waals surface area contributed by atoms with Crippen molar-refractivity contribution >= 4 is 32.6 Å². The molecule has 0 atom stereocenters. The van der Waals surface area contributed by atoms with Gasteiger partial charge in [0.25, 0.3) is 0 Å². The second-order valence-electron chi connectivity index (χ2n) is 7.06. The van der Waals surface area contributed by atoms with Crippen molar-refractivity contribution in [3.05, 3.63) is 89.5 Å². The van der Waals surface area contributed by atoms with Gasteiger partial charge < -0.3 is 9.15 Å². The predicted molar refractivity (Wildman–Crippen MR) is 122 cm³/mol. The second-order valence-corrected chi connectivity index (χ2v) is 7.92. The van der Waals surface area contributed by atoms with E-state index in [2.05, 4.69) is 36.1 Å². The van der Waals surface area contributed by atoms with Gasteiger partial charge in [0.1, 0.15) is 24.4 Å². The maximum Gasteiger partial charge on any atom is 0.217 e. The van der Waals surface area contributed by atoms with E-state index in [1.807, 2.05) is 66.7 Å². The molecule has 0 spiro atoms. The lowest BCUT2D eigenvalue weighted by Gasteiger charge is -2.05. The van der Waals surface area contributed by atoms with Gasteiger partial charge in [-0.05, 0) is 52.3 Å². The highest BCUT2D eigenvalue weighted by atomic mass is 79.9. The number of fused-ring (bicyclic) bond motifs is 3. The number of aromatic nitrogens is 6. The predicted octanol–water partition coefficient (Wildman–Crippen LogP) is 5.06. The van der Waals surface area contributed by atoms with Crippen LogP contribution in [0.25, 0.3) is 34.0 Å². The minimum absolute atomic E-state index is 0.297. The zero-order valence-electron chi connectivity index (χ0n) is 16.6. The summed E-state index contributed by atoms with van der Waals surface area (Å²) in [7, 11) is 0. The molecular formula is C23H15BrN6O2. The third-order valence-corrected chi connectivity index (χ3v) is 5.65. The molecule has 0 saturated carbocycles. The molecule has 0 unspecified atom stereocenters. The molecule has 6 rings (SSSR count). The molecule has 156 valence electrons. The summed E-state index contributed by atoms with van der Waals surface area (Å²) < 4.78 is 16.1. The van der Waals surface area contributed by atoms with Gasteiger partial charge in [-0.25, -0.2) is 19.2 Å². The van der Waals surface area contributed by atoms with Gasteiger partial charge in [0.05, 0.1) is 21.7 Å². The van der Waals surface area contributed by atoms with Gasteiger partial charge in [-0.1, -0.05) is 30.3 Å². The summed E-state index contributed by atoms with van der Waals surface area (Å²) >= 11 is 3.48. The topological polar surface area (TPSA) is 83.3 Å². The summed E-state index contributed by atoms with van der Waals surface area (Å²) in [5.41, 5.74) is 2.30. The molecule has 0 N–H and O–H groups in total. The Morgan fingerprint density at radius 2 is 1.78 bits per heavy atom. The quantitative estimate of drug-likeness (QED) is 0.338. The molecule has 0 aliphatic carbocycles. The molecule has 0 amide bonds. The Kier molecular flexibility index (Phi) is 4.46. The normalized spacial score (nSPS) is 11.4. The summed E-state index contributed by atoms with van der Waals surface area (Å²) in [5.74, 6) is 2.46. The van der Waals surface area contributed by atoms with Gasteiger partial charge in [-0.15, -0.1) is 5.10 Å². The molecule has 4 aromatic heterocycles. The Balaban J connectivity index is 1.31. The lowest BCUT2D eigenvalue weighted by molar-refractivity contribution is 0.270. The fourth-order valence-corrected chi connectivity index (χ4v) is 3.87. The Morgan fingerprint density at radius 3 is 2.66 bits per heavy atom. The van der Waals surface area contributed by atoms with E-state index >= 15 is 0 Å². The van der Waals surface area contributed by atoms with Crippen molar-refractivity contribution in [2.45, 2.75) is 6.61 Å². The van der Waals surface area contributed by atoms with Crippen molar-refractivity contribution in [3.63, 3.8) is 0 Å². The van der Waals surface area contributed by atoms with Gasteiger partial charge in [-0.3, -0.25) is 0 Å². The fraction of sp³-hybridized carbons (Fsp3) is 0.0435. The van der Waals surface area contributed by atoms with E-state index in [1.165, 1.54) is 0 Å². The van der Waals surface area contributed by atoms with Crippen LogP contribution in [0.1, 0.15) is 5.76 Å². The van der Waals surface area contributed by atoms with Gasteiger partial charge in [-0.2, -0.15) is 5.10 Å². The van der Waals surface area contributed by atoms with Gasteiger partial charge in [0, 0.05) is 0 Å². The number of halogens is 1. The molecular weight excluding hydrogens is 472 g/mol. The summed E-state index contributed by atoms with van der Waals surface area (Å²) in [6.45, 7) is 0.297. The van der Waals surface area contributed by atoms with Crippen LogP contribution in [0.5, 0.6) is 5.75 Å². The average molecular weight is 487 g/mol. The van der Waals surface area contributed by atoms with Crippen LogP contribution in [-0.2, 0) is 6.61 Å². The fourth-order valence-electron chi connectivity index (χ4n) is 3.47. The average Bonchev–Trinajstić information content (AvgIpc) is 3.56. The highest BCUT2D eigenvalue weighted by molar-refractivity contribution is 9.10. The van der Waals surface area contributed by atoms with Crippen molar-refractivity contribution in [2.75, 3.05) is 0 Å². The highest BCUT2D eigenvalue weighted by Gasteiger charge is 2.16. The molecule has 8 nitrogen and oxygen atoms in total. The molecule has 0 aliphatic heterocycles. The molecule has 32 heavy (non-hydrogen) atoms. The first-order valence-corrected chi connectivity index (χ1v) is 10.7. The Bertz CT molecular complexity index is 1550. The monoisotopic (exact) mass is 486 g/mol. The van der Waals surface area contributed by atoms with Crippen molar-refractivity contribution in [2.24, 2.45) is 0 Å². The molecule has 2 aromatic carbocycles. The standard InChI is InChI=1S/C23H15BrN6O2/c24-18-8-4-5-9-19(18)31-13-16-10-11-20(32-16)21-27-23-17-12-26-30(15-6-2-1-3-7-15)22(17)25-14-29(23)28-21/h1-12,14H,13H2. The van der Waals surface area contributed by atoms with E-state index in [4.69, 9.17) is 9.15 Å². The van der Waals surface area contributed by atoms with Crippen molar-refractivity contribution in [3.8, 4) is 23.0 Å². The Morgan fingerprint density at radius 1 is 0.938 bits per heavy atom. The molecule has 0 bridgehead atoms. The van der Waals surface area contributed by atoms with E-state index < -0.39 is 0 Å². The van der Waals surface area contributed by atoms with Gasteiger partial charge in [0.15, 0.2) is 17.1 Å². The van der Waals surface area contributed by atoms with E-state index in [1.54, 1.807) is 21.7 Å². The third kappa shape index (κ3) is 3.23. The summed E-state index contributed by atoms with van der Waals surface area (Å²) in [6.07, 6.45) is 3.39. The SMILES string of the molecule is Brc1ccccc1OCc1ccc(-c2nc3c4cnn(-c5ccccc5)c4ncn3n2)o1. The van der Waals surface area contributed by atoms with Crippen LogP contribution in [-0.4, -0.2) is 29.4 Å². The first-order chi connectivity index (χ1) is 15.8. The molecule has 0 fully saturated rings. The second kappa shape index (κ2) is 7.61. The van der Waals surface area contributed by atoms with Crippen molar-refractivity contribution in [1.82, 2.24) is 29.4 Å². The smallest absolute Gasteiger partial charge is 0.217 e. The molecule has 4 heterocycles. The van der Waals surface area contributed by atoms with Crippen LogP contribution in [0, 0.1) is 0 Å². The molecule has 0 aliphatic rings. The lowest BCUT2D eigenvalue weighted by Crippen LogP contribution is -1.98. The van der Waals surface area contributed by atoms with E-state index in [9.17, 15) is 0 Å². The number of nitrogens with zero attached hydrogens (tertiary/aromatic N) is 6. The largest absolute Gasteiger partial charge is 0.484 e. The summed E-state index contributed by atoms with van der Waals surface area (Å²) in [6, 6.07) is 21.2. The lowest BCUT2D eigenvalue weighted by atomic mass is 10.3.